The first-order valence-corrected chi connectivity index (χ1v) is 6.96. The van der Waals surface area contributed by atoms with E-state index in [-0.39, 0.29) is 6.04 Å². The van der Waals surface area contributed by atoms with Gasteiger partial charge in [0, 0.05) is 34.4 Å². The van der Waals surface area contributed by atoms with Gasteiger partial charge in [-0.2, -0.15) is 0 Å². The number of nitrogens with zero attached hydrogens (tertiary/aromatic N) is 1. The van der Waals surface area contributed by atoms with Gasteiger partial charge >= 0.3 is 0 Å². The second kappa shape index (κ2) is 5.04. The summed E-state index contributed by atoms with van der Waals surface area (Å²) < 4.78 is 0. The largest absolute Gasteiger partial charge is 0.359 e. The Balaban J connectivity index is 2.09. The van der Waals surface area contributed by atoms with E-state index in [0.29, 0.717) is 6.54 Å². The summed E-state index contributed by atoms with van der Waals surface area (Å²) in [4.78, 5) is 2.25. The van der Waals surface area contributed by atoms with Crippen molar-refractivity contribution in [3.8, 4) is 0 Å². The molecule has 0 bridgehead atoms. The van der Waals surface area contributed by atoms with Gasteiger partial charge in [0.25, 0.3) is 0 Å². The van der Waals surface area contributed by atoms with Gasteiger partial charge in [0.05, 0.1) is 6.04 Å². The van der Waals surface area contributed by atoms with Crippen LogP contribution in [0.1, 0.15) is 17.2 Å². The fourth-order valence-electron chi connectivity index (χ4n) is 2.70. The van der Waals surface area contributed by atoms with Gasteiger partial charge in [0.15, 0.2) is 0 Å². The van der Waals surface area contributed by atoms with E-state index in [2.05, 4.69) is 17.0 Å². The topological polar surface area (TPSA) is 29.3 Å². The van der Waals surface area contributed by atoms with Gasteiger partial charge in [0.1, 0.15) is 0 Å². The summed E-state index contributed by atoms with van der Waals surface area (Å²) in [6.07, 6.45) is 0. The third-order valence-corrected chi connectivity index (χ3v) is 4.28. The lowest BCUT2D eigenvalue weighted by Crippen LogP contribution is -2.27. The van der Waals surface area contributed by atoms with Crippen LogP contribution in [0.2, 0.25) is 10.0 Å². The predicted octanol–water partition coefficient (Wildman–Crippen LogP) is 4.01. The Hall–Kier alpha value is -1.22. The van der Waals surface area contributed by atoms with Crippen molar-refractivity contribution in [2.45, 2.75) is 12.6 Å². The molecule has 2 aromatic rings. The second-order valence-corrected chi connectivity index (χ2v) is 5.45. The maximum Gasteiger partial charge on any atom is 0.0687 e. The summed E-state index contributed by atoms with van der Waals surface area (Å²) in [6.45, 7) is 1.27. The SMILES string of the molecule is NCC1c2c(Cl)ccc(Cl)c2CN1c1ccccc1. The molecular weight excluding hydrogens is 279 g/mol. The van der Waals surface area contributed by atoms with Gasteiger partial charge in [-0.15, -0.1) is 0 Å². The highest BCUT2D eigenvalue weighted by Crippen LogP contribution is 2.43. The number of hydrogen-bond acceptors (Lipinski definition) is 2. The highest BCUT2D eigenvalue weighted by molar-refractivity contribution is 6.34. The van der Waals surface area contributed by atoms with Crippen LogP contribution in [0.25, 0.3) is 0 Å². The Bertz CT molecular complexity index is 599. The molecule has 98 valence electrons. The number of rotatable bonds is 2. The normalized spacial score (nSPS) is 17.6. The van der Waals surface area contributed by atoms with E-state index in [0.717, 1.165) is 33.4 Å². The van der Waals surface area contributed by atoms with Gasteiger partial charge < -0.3 is 10.6 Å². The summed E-state index contributed by atoms with van der Waals surface area (Å²) in [5.74, 6) is 0. The molecule has 2 N–H and O–H groups in total. The predicted molar refractivity (Wildman–Crippen MR) is 80.9 cm³/mol. The summed E-state index contributed by atoms with van der Waals surface area (Å²) in [5.41, 5.74) is 9.25. The van der Waals surface area contributed by atoms with Crippen molar-refractivity contribution in [3.05, 3.63) is 63.6 Å². The van der Waals surface area contributed by atoms with Crippen LogP contribution >= 0.6 is 23.2 Å². The Morgan fingerprint density at radius 3 is 2.42 bits per heavy atom. The third kappa shape index (κ3) is 2.10. The molecule has 1 unspecified atom stereocenters. The average molecular weight is 293 g/mol. The molecule has 1 atom stereocenters. The summed E-state index contributed by atoms with van der Waals surface area (Å²) in [6, 6.07) is 14.0. The third-order valence-electron chi connectivity index (χ3n) is 3.60. The summed E-state index contributed by atoms with van der Waals surface area (Å²) in [7, 11) is 0. The summed E-state index contributed by atoms with van der Waals surface area (Å²) in [5, 5.41) is 1.50. The Labute approximate surface area is 122 Å². The van der Waals surface area contributed by atoms with Crippen LogP contribution in [0.15, 0.2) is 42.5 Å². The number of anilines is 1. The van der Waals surface area contributed by atoms with Crippen molar-refractivity contribution in [2.24, 2.45) is 5.73 Å². The minimum absolute atomic E-state index is 0.0867. The molecule has 0 aromatic heterocycles. The molecule has 0 amide bonds. The van der Waals surface area contributed by atoms with Crippen LogP contribution in [0.4, 0.5) is 5.69 Å². The van der Waals surface area contributed by atoms with Gasteiger partial charge in [-0.05, 0) is 29.8 Å². The molecule has 4 heteroatoms. The van der Waals surface area contributed by atoms with E-state index in [9.17, 15) is 0 Å². The molecule has 0 saturated carbocycles. The second-order valence-electron chi connectivity index (χ2n) is 4.64. The standard InChI is InChI=1S/C15H14Cl2N2/c16-12-6-7-13(17)15-11(12)9-19(14(15)8-18)10-4-2-1-3-5-10/h1-7,14H,8-9,18H2. The fraction of sp³-hybridized carbons (Fsp3) is 0.200. The lowest BCUT2D eigenvalue weighted by molar-refractivity contribution is 0.679. The van der Waals surface area contributed by atoms with Crippen LogP contribution in [0, 0.1) is 0 Å². The maximum atomic E-state index is 6.33. The van der Waals surface area contributed by atoms with Crippen LogP contribution in [-0.2, 0) is 6.54 Å². The molecule has 19 heavy (non-hydrogen) atoms. The Morgan fingerprint density at radius 1 is 1.05 bits per heavy atom. The van der Waals surface area contributed by atoms with Gasteiger partial charge in [-0.3, -0.25) is 0 Å². The highest BCUT2D eigenvalue weighted by Gasteiger charge is 2.32. The van der Waals surface area contributed by atoms with E-state index in [4.69, 9.17) is 28.9 Å². The van der Waals surface area contributed by atoms with Crippen molar-refractivity contribution in [3.63, 3.8) is 0 Å². The number of nitrogens with two attached hydrogens (primary N) is 1. The number of halogens is 2. The van der Waals surface area contributed by atoms with Crippen LogP contribution in [-0.4, -0.2) is 6.54 Å². The zero-order valence-corrected chi connectivity index (χ0v) is 11.8. The smallest absolute Gasteiger partial charge is 0.0687 e. The van der Waals surface area contributed by atoms with E-state index in [1.54, 1.807) is 0 Å². The molecule has 1 heterocycles. The first-order chi connectivity index (χ1) is 9.22. The number of hydrogen-bond donors (Lipinski definition) is 1. The van der Waals surface area contributed by atoms with Crippen molar-refractivity contribution in [2.75, 3.05) is 11.4 Å². The molecule has 1 aliphatic rings. The monoisotopic (exact) mass is 292 g/mol. The highest BCUT2D eigenvalue weighted by atomic mass is 35.5. The first-order valence-electron chi connectivity index (χ1n) is 6.21. The number of fused-ring (bicyclic) bond motifs is 1. The van der Waals surface area contributed by atoms with Gasteiger partial charge in [0.2, 0.25) is 0 Å². The van der Waals surface area contributed by atoms with E-state index in [1.165, 1.54) is 0 Å². The lowest BCUT2D eigenvalue weighted by atomic mass is 10.0. The minimum Gasteiger partial charge on any atom is -0.359 e. The van der Waals surface area contributed by atoms with Gasteiger partial charge in [-0.1, -0.05) is 41.4 Å². The van der Waals surface area contributed by atoms with E-state index >= 15 is 0 Å². The zero-order chi connectivity index (χ0) is 13.4. The van der Waals surface area contributed by atoms with E-state index < -0.39 is 0 Å². The zero-order valence-electron chi connectivity index (χ0n) is 10.3. The van der Waals surface area contributed by atoms with Gasteiger partial charge in [-0.25, -0.2) is 0 Å². The van der Waals surface area contributed by atoms with Crippen molar-refractivity contribution < 1.29 is 0 Å². The molecule has 0 fully saturated rings. The molecule has 1 aliphatic heterocycles. The van der Waals surface area contributed by atoms with Crippen molar-refractivity contribution in [1.82, 2.24) is 0 Å². The summed E-state index contributed by atoms with van der Waals surface area (Å²) >= 11 is 12.6. The Morgan fingerprint density at radius 2 is 1.74 bits per heavy atom. The number of para-hydroxylation sites is 1. The molecule has 0 saturated heterocycles. The lowest BCUT2D eigenvalue weighted by Gasteiger charge is -2.26. The molecule has 0 radical (unpaired) electrons. The van der Waals surface area contributed by atoms with E-state index in [1.807, 2.05) is 30.3 Å². The van der Waals surface area contributed by atoms with Crippen LogP contribution in [0.3, 0.4) is 0 Å². The maximum absolute atomic E-state index is 6.33. The molecule has 2 aromatic carbocycles. The number of benzene rings is 2. The quantitative estimate of drug-likeness (QED) is 0.906. The average Bonchev–Trinajstić information content (AvgIpc) is 2.84. The van der Waals surface area contributed by atoms with Crippen LogP contribution in [0.5, 0.6) is 0 Å². The Kier molecular flexibility index (Phi) is 3.40. The molecule has 0 spiro atoms. The molecule has 0 aliphatic carbocycles. The molecule has 2 nitrogen and oxygen atoms in total. The minimum atomic E-state index is 0.0867. The van der Waals surface area contributed by atoms with Crippen molar-refractivity contribution in [1.29, 1.82) is 0 Å². The molecular formula is C15H14Cl2N2. The van der Waals surface area contributed by atoms with Crippen LogP contribution < -0.4 is 10.6 Å². The first kappa shape index (κ1) is 12.8. The van der Waals surface area contributed by atoms with Crippen molar-refractivity contribution >= 4 is 28.9 Å². The fourth-order valence-corrected chi connectivity index (χ4v) is 3.23. The molecule has 3 rings (SSSR count).